The number of nitrogen functional groups attached to an aromatic ring is 1. The quantitative estimate of drug-likeness (QED) is 0.836. The molecule has 0 fully saturated rings. The van der Waals surface area contributed by atoms with E-state index in [2.05, 4.69) is 20.3 Å². The number of nitrogens with two attached hydrogens (primary N) is 1. The third-order valence-corrected chi connectivity index (χ3v) is 2.37. The molecule has 2 heterocycles. The van der Waals surface area contributed by atoms with Crippen LogP contribution in [0.5, 0.6) is 0 Å². The fourth-order valence-electron chi connectivity index (χ4n) is 1.23. The molecule has 84 valence electrons. The van der Waals surface area contributed by atoms with Crippen LogP contribution in [0.15, 0.2) is 18.6 Å². The molecule has 0 unspecified atom stereocenters. The van der Waals surface area contributed by atoms with Crippen LogP contribution in [0.2, 0.25) is 5.02 Å². The summed E-state index contributed by atoms with van der Waals surface area (Å²) < 4.78 is 1.91. The van der Waals surface area contributed by atoms with Crippen LogP contribution in [0.4, 0.5) is 11.8 Å². The Kier molecular flexibility index (Phi) is 2.91. The lowest BCUT2D eigenvalue weighted by molar-refractivity contribution is 0.810. The standard InChI is InChI=1S/C9H11ClN6/c1-16-3-2-12-7(16)5-13-8-6(10)4-14-9(11)15-8/h2-4H,5H2,1H3,(H3,11,13,14,15). The van der Waals surface area contributed by atoms with Gasteiger partial charge in [0, 0.05) is 19.4 Å². The third-order valence-electron chi connectivity index (χ3n) is 2.10. The number of hydrogen-bond donors (Lipinski definition) is 2. The predicted molar refractivity (Wildman–Crippen MR) is 62.0 cm³/mol. The highest BCUT2D eigenvalue weighted by atomic mass is 35.5. The highest BCUT2D eigenvalue weighted by molar-refractivity contribution is 6.32. The van der Waals surface area contributed by atoms with Gasteiger partial charge in [0.15, 0.2) is 5.82 Å². The van der Waals surface area contributed by atoms with E-state index in [9.17, 15) is 0 Å². The van der Waals surface area contributed by atoms with Crippen LogP contribution in [0.3, 0.4) is 0 Å². The topological polar surface area (TPSA) is 81.7 Å². The van der Waals surface area contributed by atoms with Gasteiger partial charge in [-0.1, -0.05) is 11.6 Å². The lowest BCUT2D eigenvalue weighted by atomic mass is 10.5. The van der Waals surface area contributed by atoms with E-state index in [-0.39, 0.29) is 5.95 Å². The second-order valence-electron chi connectivity index (χ2n) is 3.23. The smallest absolute Gasteiger partial charge is 0.222 e. The first-order valence-electron chi connectivity index (χ1n) is 4.65. The van der Waals surface area contributed by atoms with E-state index in [1.54, 1.807) is 6.20 Å². The molecular formula is C9H11ClN6. The van der Waals surface area contributed by atoms with E-state index in [0.29, 0.717) is 17.4 Å². The Morgan fingerprint density at radius 3 is 3.00 bits per heavy atom. The van der Waals surface area contributed by atoms with Crippen LogP contribution in [0, 0.1) is 0 Å². The summed E-state index contributed by atoms with van der Waals surface area (Å²) in [7, 11) is 1.92. The van der Waals surface area contributed by atoms with Crippen molar-refractivity contribution in [2.45, 2.75) is 6.54 Å². The minimum Gasteiger partial charge on any atom is -0.368 e. The molecule has 0 amide bonds. The highest BCUT2D eigenvalue weighted by Gasteiger charge is 2.04. The molecule has 0 saturated carbocycles. The first-order valence-corrected chi connectivity index (χ1v) is 5.02. The van der Waals surface area contributed by atoms with Crippen LogP contribution in [-0.4, -0.2) is 19.5 Å². The van der Waals surface area contributed by atoms with Crippen molar-refractivity contribution >= 4 is 23.4 Å². The van der Waals surface area contributed by atoms with E-state index in [0.717, 1.165) is 5.82 Å². The van der Waals surface area contributed by atoms with Gasteiger partial charge in [0.25, 0.3) is 0 Å². The number of imidazole rings is 1. The van der Waals surface area contributed by atoms with Crippen molar-refractivity contribution in [2.75, 3.05) is 11.1 Å². The Morgan fingerprint density at radius 2 is 2.31 bits per heavy atom. The van der Waals surface area contributed by atoms with E-state index < -0.39 is 0 Å². The van der Waals surface area contributed by atoms with Gasteiger partial charge in [-0.15, -0.1) is 0 Å². The molecule has 2 rings (SSSR count). The van der Waals surface area contributed by atoms with Gasteiger partial charge in [-0.3, -0.25) is 0 Å². The number of nitrogens with one attached hydrogen (secondary N) is 1. The summed E-state index contributed by atoms with van der Waals surface area (Å²) >= 11 is 5.91. The normalized spacial score (nSPS) is 10.4. The highest BCUT2D eigenvalue weighted by Crippen LogP contribution is 2.18. The SMILES string of the molecule is Cn1ccnc1CNc1nc(N)ncc1Cl. The fourth-order valence-corrected chi connectivity index (χ4v) is 1.39. The zero-order valence-electron chi connectivity index (χ0n) is 8.68. The number of halogens is 1. The Morgan fingerprint density at radius 1 is 1.50 bits per heavy atom. The van der Waals surface area contributed by atoms with Crippen LogP contribution >= 0.6 is 11.6 Å². The van der Waals surface area contributed by atoms with Crippen molar-refractivity contribution in [2.24, 2.45) is 7.05 Å². The van der Waals surface area contributed by atoms with Crippen LogP contribution < -0.4 is 11.1 Å². The summed E-state index contributed by atoms with van der Waals surface area (Å²) in [6, 6.07) is 0. The lowest BCUT2D eigenvalue weighted by Crippen LogP contribution is -2.08. The second kappa shape index (κ2) is 4.36. The molecule has 0 spiro atoms. The molecule has 0 aliphatic heterocycles. The van der Waals surface area contributed by atoms with Gasteiger partial charge in [0.05, 0.1) is 12.7 Å². The first-order chi connectivity index (χ1) is 7.66. The molecule has 2 aromatic rings. The van der Waals surface area contributed by atoms with Crippen LogP contribution in [-0.2, 0) is 13.6 Å². The molecule has 7 heteroatoms. The molecule has 6 nitrogen and oxygen atoms in total. The van der Waals surface area contributed by atoms with Crippen LogP contribution in [0.1, 0.15) is 5.82 Å². The molecule has 0 aliphatic carbocycles. The number of aryl methyl sites for hydroxylation is 1. The minimum absolute atomic E-state index is 0.187. The Balaban J connectivity index is 2.10. The van der Waals surface area contributed by atoms with Gasteiger partial charge in [-0.05, 0) is 0 Å². The van der Waals surface area contributed by atoms with Crippen molar-refractivity contribution in [1.82, 2.24) is 19.5 Å². The molecule has 0 saturated heterocycles. The largest absolute Gasteiger partial charge is 0.368 e. The van der Waals surface area contributed by atoms with E-state index >= 15 is 0 Å². The summed E-state index contributed by atoms with van der Waals surface area (Å²) in [5.41, 5.74) is 5.46. The number of anilines is 2. The Hall–Kier alpha value is -1.82. The average Bonchev–Trinajstić information content (AvgIpc) is 2.66. The molecule has 0 radical (unpaired) electrons. The second-order valence-corrected chi connectivity index (χ2v) is 3.64. The molecule has 0 atom stereocenters. The summed E-state index contributed by atoms with van der Waals surface area (Å²) in [5.74, 6) is 1.58. The number of rotatable bonds is 3. The number of aromatic nitrogens is 4. The molecule has 0 aliphatic rings. The zero-order valence-corrected chi connectivity index (χ0v) is 9.44. The van der Waals surface area contributed by atoms with Crippen molar-refractivity contribution < 1.29 is 0 Å². The van der Waals surface area contributed by atoms with Crippen molar-refractivity contribution in [1.29, 1.82) is 0 Å². The molecule has 3 N–H and O–H groups in total. The summed E-state index contributed by atoms with van der Waals surface area (Å²) in [4.78, 5) is 11.9. The predicted octanol–water partition coefficient (Wildman–Crippen LogP) is 1.06. The lowest BCUT2D eigenvalue weighted by Gasteiger charge is -2.07. The molecule has 0 aromatic carbocycles. The van der Waals surface area contributed by atoms with Crippen LogP contribution in [0.25, 0.3) is 0 Å². The van der Waals surface area contributed by atoms with Crippen molar-refractivity contribution in [3.63, 3.8) is 0 Å². The van der Waals surface area contributed by atoms with Gasteiger partial charge in [-0.25, -0.2) is 9.97 Å². The number of nitrogens with zero attached hydrogens (tertiary/aromatic N) is 4. The van der Waals surface area contributed by atoms with Crippen molar-refractivity contribution in [3.8, 4) is 0 Å². The maximum absolute atomic E-state index is 5.91. The maximum atomic E-state index is 5.91. The van der Waals surface area contributed by atoms with Gasteiger partial charge < -0.3 is 15.6 Å². The number of hydrogen-bond acceptors (Lipinski definition) is 5. The summed E-state index contributed by atoms with van der Waals surface area (Å²) in [6.45, 7) is 0.527. The maximum Gasteiger partial charge on any atom is 0.222 e. The van der Waals surface area contributed by atoms with Gasteiger partial charge in [-0.2, -0.15) is 4.98 Å². The summed E-state index contributed by atoms with van der Waals surface area (Å²) in [6.07, 6.45) is 5.06. The molecule has 0 bridgehead atoms. The third kappa shape index (κ3) is 2.22. The fraction of sp³-hybridized carbons (Fsp3) is 0.222. The van der Waals surface area contributed by atoms with Gasteiger partial charge in [0.1, 0.15) is 10.8 Å². The van der Waals surface area contributed by atoms with Gasteiger partial charge >= 0.3 is 0 Å². The first kappa shape index (κ1) is 10.7. The molecule has 16 heavy (non-hydrogen) atoms. The zero-order chi connectivity index (χ0) is 11.5. The monoisotopic (exact) mass is 238 g/mol. The average molecular weight is 239 g/mol. The summed E-state index contributed by atoms with van der Waals surface area (Å²) in [5, 5.41) is 3.48. The molecular weight excluding hydrogens is 228 g/mol. The van der Waals surface area contributed by atoms with E-state index in [1.165, 1.54) is 6.20 Å². The Labute approximate surface area is 97.5 Å². The minimum atomic E-state index is 0.187. The Bertz CT molecular complexity index is 494. The molecule has 2 aromatic heterocycles. The van der Waals surface area contributed by atoms with Crippen molar-refractivity contribution in [3.05, 3.63) is 29.4 Å². The van der Waals surface area contributed by atoms with Gasteiger partial charge in [0.2, 0.25) is 5.95 Å². The van der Waals surface area contributed by atoms with E-state index in [4.69, 9.17) is 17.3 Å². The van der Waals surface area contributed by atoms with E-state index in [1.807, 2.05) is 17.8 Å².